The van der Waals surface area contributed by atoms with Crippen molar-refractivity contribution in [1.82, 2.24) is 15.8 Å². The molecule has 0 spiro atoms. The number of hydrazine groups is 1. The normalized spacial score (nSPS) is 20.8. The molecule has 138 valence electrons. The van der Waals surface area contributed by atoms with Crippen LogP contribution in [0.2, 0.25) is 0 Å². The molecule has 3 N–H and O–H groups in total. The van der Waals surface area contributed by atoms with Crippen LogP contribution in [0.3, 0.4) is 0 Å². The summed E-state index contributed by atoms with van der Waals surface area (Å²) in [6.45, 7) is 10.7. The van der Waals surface area contributed by atoms with Crippen LogP contribution in [0.5, 0.6) is 0 Å². The fourth-order valence-corrected chi connectivity index (χ4v) is 3.07. The number of nitrogens with one attached hydrogen (secondary N) is 3. The molecule has 7 heteroatoms. The number of aryl methyl sites for hydroxylation is 2. The Morgan fingerprint density at radius 3 is 2.52 bits per heavy atom. The van der Waals surface area contributed by atoms with Gasteiger partial charge in [-0.3, -0.25) is 20.5 Å². The third-order valence-corrected chi connectivity index (χ3v) is 4.43. The first-order valence-corrected chi connectivity index (χ1v) is 9.05. The molecule has 1 amide bonds. The zero-order chi connectivity index (χ0) is 18.4. The number of thiocarbonyl (C=S) groups is 1. The second kappa shape index (κ2) is 9.12. The van der Waals surface area contributed by atoms with E-state index >= 15 is 0 Å². The molecule has 6 nitrogen and oxygen atoms in total. The lowest BCUT2D eigenvalue weighted by Crippen LogP contribution is -2.48. The van der Waals surface area contributed by atoms with E-state index < -0.39 is 0 Å². The van der Waals surface area contributed by atoms with Gasteiger partial charge in [-0.1, -0.05) is 6.07 Å². The zero-order valence-electron chi connectivity index (χ0n) is 15.4. The molecule has 1 aromatic carbocycles. The van der Waals surface area contributed by atoms with Crippen LogP contribution in [-0.2, 0) is 9.53 Å². The first kappa shape index (κ1) is 19.6. The Morgan fingerprint density at radius 1 is 1.20 bits per heavy atom. The Bertz CT molecular complexity index is 613. The van der Waals surface area contributed by atoms with Gasteiger partial charge in [0.1, 0.15) is 0 Å². The lowest BCUT2D eigenvalue weighted by molar-refractivity contribution is -0.123. The first-order chi connectivity index (χ1) is 11.8. The van der Waals surface area contributed by atoms with Gasteiger partial charge < -0.3 is 10.1 Å². The minimum atomic E-state index is -0.0870. The van der Waals surface area contributed by atoms with Crippen molar-refractivity contribution in [3.8, 4) is 0 Å². The molecule has 1 aromatic rings. The fraction of sp³-hybridized carbons (Fsp3) is 0.556. The van der Waals surface area contributed by atoms with Gasteiger partial charge in [-0.25, -0.2) is 0 Å². The summed E-state index contributed by atoms with van der Waals surface area (Å²) in [5, 5.41) is 3.43. The third-order valence-electron chi connectivity index (χ3n) is 4.23. The summed E-state index contributed by atoms with van der Waals surface area (Å²) in [5.41, 5.74) is 8.69. The first-order valence-electron chi connectivity index (χ1n) is 8.64. The van der Waals surface area contributed by atoms with Crippen LogP contribution >= 0.6 is 12.2 Å². The summed E-state index contributed by atoms with van der Waals surface area (Å²) in [7, 11) is 0. The van der Waals surface area contributed by atoms with Crippen LogP contribution in [0, 0.1) is 13.8 Å². The highest BCUT2D eigenvalue weighted by atomic mass is 32.1. The number of hydrogen-bond acceptors (Lipinski definition) is 4. The molecule has 2 rings (SSSR count). The highest BCUT2D eigenvalue weighted by Crippen LogP contribution is 2.14. The molecule has 1 saturated heterocycles. The van der Waals surface area contributed by atoms with Crippen molar-refractivity contribution in [2.24, 2.45) is 0 Å². The predicted octanol–water partition coefficient (Wildman–Crippen LogP) is 2.12. The molecule has 25 heavy (non-hydrogen) atoms. The van der Waals surface area contributed by atoms with Crippen molar-refractivity contribution in [3.05, 3.63) is 29.3 Å². The van der Waals surface area contributed by atoms with E-state index in [1.807, 2.05) is 25.1 Å². The summed E-state index contributed by atoms with van der Waals surface area (Å²) < 4.78 is 5.69. The SMILES string of the molecule is Cc1ccc(NC(=S)NNC(=O)CCN2C[C@@H](C)O[C@@H](C)C2)cc1C. The van der Waals surface area contributed by atoms with Gasteiger partial charge in [-0.2, -0.15) is 0 Å². The fourth-order valence-electron chi connectivity index (χ4n) is 2.90. The molecule has 2 atom stereocenters. The number of morpholine rings is 1. The molecule has 0 radical (unpaired) electrons. The van der Waals surface area contributed by atoms with Crippen LogP contribution < -0.4 is 16.2 Å². The molecule has 1 aliphatic heterocycles. The number of carbonyl (C=O) groups is 1. The van der Waals surface area contributed by atoms with Crippen molar-refractivity contribution in [2.75, 3.05) is 25.0 Å². The third kappa shape index (κ3) is 6.61. The van der Waals surface area contributed by atoms with Crippen molar-refractivity contribution >= 4 is 28.9 Å². The van der Waals surface area contributed by atoms with E-state index in [0.717, 1.165) is 18.8 Å². The van der Waals surface area contributed by atoms with Crippen molar-refractivity contribution in [1.29, 1.82) is 0 Å². The molecule has 1 fully saturated rings. The smallest absolute Gasteiger partial charge is 0.239 e. The molecule has 0 aliphatic carbocycles. The van der Waals surface area contributed by atoms with E-state index in [1.165, 1.54) is 11.1 Å². The van der Waals surface area contributed by atoms with Crippen molar-refractivity contribution in [3.63, 3.8) is 0 Å². The number of nitrogens with zero attached hydrogens (tertiary/aromatic N) is 1. The molecule has 1 heterocycles. The van der Waals surface area contributed by atoms with Gasteiger partial charge in [0, 0.05) is 31.7 Å². The molecular formula is C18H28N4O2S. The summed E-state index contributed by atoms with van der Waals surface area (Å²) >= 11 is 5.21. The number of hydrogen-bond donors (Lipinski definition) is 3. The number of carbonyl (C=O) groups excluding carboxylic acids is 1. The molecule has 1 aliphatic rings. The molecule has 0 bridgehead atoms. The molecule has 0 unspecified atom stereocenters. The number of ether oxygens (including phenoxy) is 1. The Morgan fingerprint density at radius 2 is 1.88 bits per heavy atom. The number of rotatable bonds is 4. The van der Waals surface area contributed by atoms with Crippen molar-refractivity contribution in [2.45, 2.75) is 46.3 Å². The summed E-state index contributed by atoms with van der Waals surface area (Å²) in [5.74, 6) is -0.0870. The lowest BCUT2D eigenvalue weighted by Gasteiger charge is -2.35. The summed E-state index contributed by atoms with van der Waals surface area (Å²) in [6.07, 6.45) is 0.831. The Balaban J connectivity index is 1.68. The Labute approximate surface area is 155 Å². The standard InChI is InChI=1S/C18H28N4O2S/c1-12-5-6-16(9-13(12)2)19-18(25)21-20-17(23)7-8-22-10-14(3)24-15(4)11-22/h5-6,9,14-15H,7-8,10-11H2,1-4H3,(H,20,23)(H2,19,21,25)/t14-,15+. The average molecular weight is 365 g/mol. The van der Waals surface area contributed by atoms with Crippen molar-refractivity contribution < 1.29 is 9.53 Å². The van der Waals surface area contributed by atoms with Gasteiger partial charge in [0.2, 0.25) is 5.91 Å². The lowest BCUT2D eigenvalue weighted by atomic mass is 10.1. The number of anilines is 1. The van der Waals surface area contributed by atoms with Gasteiger partial charge in [0.05, 0.1) is 12.2 Å². The molecular weight excluding hydrogens is 336 g/mol. The Kier molecular flexibility index (Phi) is 7.16. The zero-order valence-corrected chi connectivity index (χ0v) is 16.2. The second-order valence-electron chi connectivity index (χ2n) is 6.69. The van der Waals surface area contributed by atoms with Crippen LogP contribution in [0.4, 0.5) is 5.69 Å². The van der Waals surface area contributed by atoms with Crippen LogP contribution in [-0.4, -0.2) is 47.8 Å². The van der Waals surface area contributed by atoms with Gasteiger partial charge in [0.15, 0.2) is 5.11 Å². The summed E-state index contributed by atoms with van der Waals surface area (Å²) in [6, 6.07) is 6.01. The van der Waals surface area contributed by atoms with Gasteiger partial charge in [-0.05, 0) is 63.2 Å². The topological polar surface area (TPSA) is 65.6 Å². The van der Waals surface area contributed by atoms with E-state index in [4.69, 9.17) is 17.0 Å². The van der Waals surface area contributed by atoms with Gasteiger partial charge >= 0.3 is 0 Å². The van der Waals surface area contributed by atoms with E-state index in [0.29, 0.717) is 18.1 Å². The highest BCUT2D eigenvalue weighted by molar-refractivity contribution is 7.80. The van der Waals surface area contributed by atoms with Gasteiger partial charge in [-0.15, -0.1) is 0 Å². The van der Waals surface area contributed by atoms with E-state index in [-0.39, 0.29) is 18.1 Å². The number of benzene rings is 1. The maximum Gasteiger partial charge on any atom is 0.239 e. The monoisotopic (exact) mass is 364 g/mol. The van der Waals surface area contributed by atoms with Crippen LogP contribution in [0.25, 0.3) is 0 Å². The highest BCUT2D eigenvalue weighted by Gasteiger charge is 2.22. The average Bonchev–Trinajstić information content (AvgIpc) is 2.53. The van der Waals surface area contributed by atoms with Crippen LogP contribution in [0.1, 0.15) is 31.4 Å². The molecule has 0 aromatic heterocycles. The molecule has 0 saturated carbocycles. The second-order valence-corrected chi connectivity index (χ2v) is 7.10. The largest absolute Gasteiger partial charge is 0.373 e. The quantitative estimate of drug-likeness (QED) is 0.562. The van der Waals surface area contributed by atoms with Crippen LogP contribution in [0.15, 0.2) is 18.2 Å². The minimum absolute atomic E-state index is 0.0870. The minimum Gasteiger partial charge on any atom is -0.373 e. The van der Waals surface area contributed by atoms with Gasteiger partial charge in [0.25, 0.3) is 0 Å². The summed E-state index contributed by atoms with van der Waals surface area (Å²) in [4.78, 5) is 14.2. The predicted molar refractivity (Wildman–Crippen MR) is 104 cm³/mol. The Hall–Kier alpha value is -1.70. The number of amides is 1. The van der Waals surface area contributed by atoms with E-state index in [9.17, 15) is 4.79 Å². The van der Waals surface area contributed by atoms with E-state index in [2.05, 4.69) is 41.8 Å². The maximum atomic E-state index is 12.0. The van der Waals surface area contributed by atoms with E-state index in [1.54, 1.807) is 0 Å². The maximum absolute atomic E-state index is 12.0.